The number of nitrogens with two attached hydrogens (primary N) is 1. The van der Waals surface area contributed by atoms with E-state index >= 15 is 0 Å². The summed E-state index contributed by atoms with van der Waals surface area (Å²) >= 11 is 0. The Morgan fingerprint density at radius 3 is 2.61 bits per heavy atom. The number of unbranched alkanes of at least 4 members (excludes halogenated alkanes) is 1. The molecule has 0 radical (unpaired) electrons. The minimum Gasteiger partial charge on any atom is -0.481 e. The molecule has 2 heterocycles. The molecule has 36 heavy (non-hydrogen) atoms. The van der Waals surface area contributed by atoms with Crippen LogP contribution in [0.4, 0.5) is 0 Å². The van der Waals surface area contributed by atoms with Crippen molar-refractivity contribution in [1.29, 1.82) is 0 Å². The highest BCUT2D eigenvalue weighted by Crippen LogP contribution is 2.45. The fraction of sp³-hybridized carbons (Fsp3) is 0.643. The van der Waals surface area contributed by atoms with Gasteiger partial charge in [-0.25, -0.2) is 0 Å². The Morgan fingerprint density at radius 2 is 1.94 bits per heavy atom. The number of amides is 1. The van der Waals surface area contributed by atoms with Gasteiger partial charge in [-0.15, -0.1) is 0 Å². The second kappa shape index (κ2) is 12.6. The number of carbonyl (C=O) groups is 2. The van der Waals surface area contributed by atoms with Gasteiger partial charge in [0, 0.05) is 31.6 Å². The number of rotatable bonds is 13. The van der Waals surface area contributed by atoms with E-state index in [1.807, 2.05) is 36.1 Å². The first-order valence-electron chi connectivity index (χ1n) is 13.2. The van der Waals surface area contributed by atoms with E-state index in [4.69, 9.17) is 15.2 Å². The average molecular weight is 502 g/mol. The SMILES string of the molecule is CC=CC(C)(C)C[C@H]1C(C(=O)O)[C@@H](c2ccc3c(c2)OCO3)CN1CC(=O)N(CCCC)CCCN. The molecule has 1 aromatic carbocycles. The Bertz CT molecular complexity index is 924. The van der Waals surface area contributed by atoms with Crippen LogP contribution in [0.2, 0.25) is 0 Å². The maximum atomic E-state index is 13.5. The van der Waals surface area contributed by atoms with Gasteiger partial charge in [0.05, 0.1) is 12.5 Å². The number of likely N-dealkylation sites (tertiary alicyclic amines) is 1. The van der Waals surface area contributed by atoms with Crippen molar-refractivity contribution in [1.82, 2.24) is 9.80 Å². The Morgan fingerprint density at radius 1 is 1.22 bits per heavy atom. The molecule has 0 aromatic heterocycles. The number of nitrogens with zero attached hydrogens (tertiary/aromatic N) is 2. The van der Waals surface area contributed by atoms with Gasteiger partial charge >= 0.3 is 5.97 Å². The van der Waals surface area contributed by atoms with Crippen LogP contribution in [0.25, 0.3) is 0 Å². The van der Waals surface area contributed by atoms with Gasteiger partial charge in [-0.1, -0.05) is 45.4 Å². The van der Waals surface area contributed by atoms with Crippen LogP contribution in [0.15, 0.2) is 30.4 Å². The lowest BCUT2D eigenvalue weighted by atomic mass is 9.77. The molecule has 8 heteroatoms. The van der Waals surface area contributed by atoms with Crippen LogP contribution in [0.5, 0.6) is 11.5 Å². The second-order valence-corrected chi connectivity index (χ2v) is 10.6. The lowest BCUT2D eigenvalue weighted by Gasteiger charge is -2.34. The van der Waals surface area contributed by atoms with Crippen molar-refractivity contribution < 1.29 is 24.2 Å². The summed E-state index contributed by atoms with van der Waals surface area (Å²) in [6.07, 6.45) is 7.46. The number of allylic oxidation sites excluding steroid dienone is 2. The van der Waals surface area contributed by atoms with Crippen molar-refractivity contribution in [3.8, 4) is 11.5 Å². The molecule has 1 unspecified atom stereocenters. The van der Waals surface area contributed by atoms with E-state index in [0.29, 0.717) is 44.1 Å². The maximum Gasteiger partial charge on any atom is 0.308 e. The molecule has 1 fully saturated rings. The Hall–Kier alpha value is -2.58. The van der Waals surface area contributed by atoms with Gasteiger partial charge in [-0.3, -0.25) is 14.5 Å². The van der Waals surface area contributed by atoms with Crippen molar-refractivity contribution in [3.63, 3.8) is 0 Å². The molecule has 0 bridgehead atoms. The van der Waals surface area contributed by atoms with Gasteiger partial charge in [-0.05, 0) is 55.8 Å². The van der Waals surface area contributed by atoms with E-state index in [1.54, 1.807) is 0 Å². The number of carboxylic acid groups (broad SMARTS) is 1. The van der Waals surface area contributed by atoms with Crippen LogP contribution >= 0.6 is 0 Å². The number of carboxylic acids is 1. The molecule has 0 spiro atoms. The molecule has 8 nitrogen and oxygen atoms in total. The lowest BCUT2D eigenvalue weighted by Crippen LogP contribution is -2.46. The molecule has 200 valence electrons. The number of hydrogen-bond acceptors (Lipinski definition) is 6. The maximum absolute atomic E-state index is 13.5. The second-order valence-electron chi connectivity index (χ2n) is 10.6. The smallest absolute Gasteiger partial charge is 0.308 e. The van der Waals surface area contributed by atoms with Gasteiger partial charge < -0.3 is 25.2 Å². The third kappa shape index (κ3) is 6.79. The van der Waals surface area contributed by atoms with Crippen LogP contribution < -0.4 is 15.2 Å². The van der Waals surface area contributed by atoms with E-state index in [0.717, 1.165) is 24.8 Å². The molecule has 1 aromatic rings. The molecule has 2 aliphatic rings. The largest absolute Gasteiger partial charge is 0.481 e. The molecule has 3 atom stereocenters. The highest BCUT2D eigenvalue weighted by molar-refractivity contribution is 5.79. The summed E-state index contributed by atoms with van der Waals surface area (Å²) in [6.45, 7) is 11.1. The minimum absolute atomic E-state index is 0.0428. The van der Waals surface area contributed by atoms with Gasteiger partial charge in [-0.2, -0.15) is 0 Å². The summed E-state index contributed by atoms with van der Waals surface area (Å²) in [5, 5.41) is 10.4. The molecular weight excluding hydrogens is 458 g/mol. The molecule has 3 N–H and O–H groups in total. The Kier molecular flexibility index (Phi) is 9.79. The number of carbonyl (C=O) groups excluding carboxylic acids is 1. The molecule has 0 aliphatic carbocycles. The molecule has 1 amide bonds. The predicted molar refractivity (Wildman–Crippen MR) is 140 cm³/mol. The summed E-state index contributed by atoms with van der Waals surface area (Å²) in [5.41, 5.74) is 6.42. The lowest BCUT2D eigenvalue weighted by molar-refractivity contribution is -0.144. The molecule has 1 saturated heterocycles. The van der Waals surface area contributed by atoms with Gasteiger partial charge in [0.25, 0.3) is 0 Å². The van der Waals surface area contributed by atoms with E-state index < -0.39 is 11.9 Å². The zero-order valence-corrected chi connectivity index (χ0v) is 22.2. The zero-order valence-electron chi connectivity index (χ0n) is 22.2. The number of ether oxygens (including phenoxy) is 2. The van der Waals surface area contributed by atoms with E-state index in [9.17, 15) is 14.7 Å². The third-order valence-electron chi connectivity index (χ3n) is 7.32. The topological polar surface area (TPSA) is 105 Å². The monoisotopic (exact) mass is 501 g/mol. The average Bonchev–Trinajstić information content (AvgIpc) is 3.43. The van der Waals surface area contributed by atoms with Crippen molar-refractivity contribution in [2.75, 3.05) is 39.5 Å². The Labute approximate surface area is 215 Å². The summed E-state index contributed by atoms with van der Waals surface area (Å²) < 4.78 is 11.0. The summed E-state index contributed by atoms with van der Waals surface area (Å²) in [7, 11) is 0. The highest BCUT2D eigenvalue weighted by Gasteiger charge is 2.48. The quantitative estimate of drug-likeness (QED) is 0.396. The molecule has 2 aliphatic heterocycles. The van der Waals surface area contributed by atoms with Crippen LogP contribution in [0.1, 0.15) is 64.9 Å². The summed E-state index contributed by atoms with van der Waals surface area (Å²) in [5.74, 6) is -0.376. The normalized spacial score (nSPS) is 21.9. The first-order valence-corrected chi connectivity index (χ1v) is 13.2. The Balaban J connectivity index is 1.91. The number of aliphatic carboxylic acids is 1. The predicted octanol–water partition coefficient (Wildman–Crippen LogP) is 3.85. The highest BCUT2D eigenvalue weighted by atomic mass is 16.7. The van der Waals surface area contributed by atoms with Gasteiger partial charge in [0.1, 0.15) is 0 Å². The van der Waals surface area contributed by atoms with Gasteiger partial charge in [0.2, 0.25) is 12.7 Å². The van der Waals surface area contributed by atoms with Crippen LogP contribution in [0.3, 0.4) is 0 Å². The van der Waals surface area contributed by atoms with Crippen molar-refractivity contribution in [3.05, 3.63) is 35.9 Å². The van der Waals surface area contributed by atoms with Crippen LogP contribution in [-0.2, 0) is 9.59 Å². The molecule has 0 saturated carbocycles. The minimum atomic E-state index is -0.833. The van der Waals surface area contributed by atoms with E-state index in [2.05, 4.69) is 31.7 Å². The zero-order chi connectivity index (χ0) is 26.3. The van der Waals surface area contributed by atoms with E-state index in [-0.39, 0.29) is 36.6 Å². The molecular formula is C28H43N3O5. The first kappa shape index (κ1) is 28.0. The van der Waals surface area contributed by atoms with Crippen LogP contribution in [-0.4, -0.2) is 72.3 Å². The molecule has 3 rings (SSSR count). The number of fused-ring (bicyclic) bond motifs is 1. The fourth-order valence-corrected chi connectivity index (χ4v) is 5.55. The van der Waals surface area contributed by atoms with Crippen molar-refractivity contribution in [2.45, 2.75) is 65.3 Å². The van der Waals surface area contributed by atoms with Crippen molar-refractivity contribution >= 4 is 11.9 Å². The summed E-state index contributed by atoms with van der Waals surface area (Å²) in [4.78, 5) is 30.2. The van der Waals surface area contributed by atoms with Crippen molar-refractivity contribution in [2.24, 2.45) is 17.1 Å². The fourth-order valence-electron chi connectivity index (χ4n) is 5.55. The first-order chi connectivity index (χ1) is 17.2. The standard InChI is InChI=1S/C28H43N3O5/c1-5-7-13-30(14-8-12-29)25(32)18-31-17-21(20-9-10-23-24(15-20)36-19-35-23)26(27(33)34)22(31)16-28(3,4)11-6-2/h6,9-11,15,21-22,26H,5,7-8,12-14,16-19,29H2,1-4H3,(H,33,34)/t21-,22+,26?/m1/s1. The number of benzene rings is 1. The summed E-state index contributed by atoms with van der Waals surface area (Å²) in [6, 6.07) is 5.40. The third-order valence-corrected chi connectivity index (χ3v) is 7.32. The number of hydrogen-bond donors (Lipinski definition) is 2. The van der Waals surface area contributed by atoms with E-state index in [1.165, 1.54) is 0 Å². The van der Waals surface area contributed by atoms with Crippen LogP contribution in [0, 0.1) is 11.3 Å². The van der Waals surface area contributed by atoms with Gasteiger partial charge in [0.15, 0.2) is 11.5 Å².